The van der Waals surface area contributed by atoms with Crippen molar-refractivity contribution < 1.29 is 9.59 Å². The van der Waals surface area contributed by atoms with Crippen LogP contribution in [-0.4, -0.2) is 71.4 Å². The Morgan fingerprint density at radius 2 is 1.77 bits per heavy atom. The molecule has 3 heterocycles. The first-order valence-corrected chi connectivity index (χ1v) is 7.76. The minimum Gasteiger partial charge on any atom is -0.342 e. The minimum atomic E-state index is -0.00391. The largest absolute Gasteiger partial charge is 0.342 e. The van der Waals surface area contributed by atoms with E-state index in [1.807, 2.05) is 16.7 Å². The number of hydrogen-bond donors (Lipinski definition) is 0. The van der Waals surface area contributed by atoms with Crippen molar-refractivity contribution in [1.29, 1.82) is 0 Å². The zero-order valence-electron chi connectivity index (χ0n) is 12.9. The number of amides is 2. The highest BCUT2D eigenvalue weighted by Gasteiger charge is 2.23. The number of rotatable bonds is 3. The number of likely N-dealkylation sites (tertiary alicyclic amines) is 1. The maximum absolute atomic E-state index is 12.5. The second-order valence-electron chi connectivity index (χ2n) is 5.82. The summed E-state index contributed by atoms with van der Waals surface area (Å²) in [6, 6.07) is 1.76. The Kier molecular flexibility index (Phi) is 4.22. The first-order valence-electron chi connectivity index (χ1n) is 7.76. The summed E-state index contributed by atoms with van der Waals surface area (Å²) in [4.78, 5) is 37.8. The topological polar surface area (TPSA) is 69.6 Å². The molecule has 0 atom stereocenters. The SMILES string of the molecule is Cc1cc(C(=O)N2CCCC2)nc(N2CCN(C=O)CC2)n1. The molecule has 0 aliphatic carbocycles. The first kappa shape index (κ1) is 14.7. The van der Waals surface area contributed by atoms with Gasteiger partial charge in [-0.05, 0) is 25.8 Å². The summed E-state index contributed by atoms with van der Waals surface area (Å²) in [5.41, 5.74) is 1.27. The van der Waals surface area contributed by atoms with Crippen molar-refractivity contribution >= 4 is 18.3 Å². The molecular formula is C15H21N5O2. The summed E-state index contributed by atoms with van der Waals surface area (Å²) < 4.78 is 0. The summed E-state index contributed by atoms with van der Waals surface area (Å²) in [7, 11) is 0. The quantitative estimate of drug-likeness (QED) is 0.751. The Bertz CT molecular complexity index is 563. The van der Waals surface area contributed by atoms with Crippen molar-refractivity contribution in [3.05, 3.63) is 17.5 Å². The molecule has 0 unspecified atom stereocenters. The van der Waals surface area contributed by atoms with Crippen LogP contribution < -0.4 is 4.90 Å². The Balaban J connectivity index is 1.78. The highest BCUT2D eigenvalue weighted by Crippen LogP contribution is 2.16. The van der Waals surface area contributed by atoms with Gasteiger partial charge in [-0.25, -0.2) is 9.97 Å². The third-order valence-electron chi connectivity index (χ3n) is 4.20. The molecule has 2 amide bonds. The number of hydrogen-bond acceptors (Lipinski definition) is 5. The highest BCUT2D eigenvalue weighted by molar-refractivity contribution is 5.92. The van der Waals surface area contributed by atoms with Crippen LogP contribution in [-0.2, 0) is 4.79 Å². The smallest absolute Gasteiger partial charge is 0.272 e. The van der Waals surface area contributed by atoms with Crippen LogP contribution >= 0.6 is 0 Å². The lowest BCUT2D eigenvalue weighted by Crippen LogP contribution is -2.46. The molecule has 118 valence electrons. The van der Waals surface area contributed by atoms with Gasteiger partial charge in [-0.2, -0.15) is 0 Å². The molecule has 0 radical (unpaired) electrons. The van der Waals surface area contributed by atoms with E-state index in [4.69, 9.17) is 0 Å². The summed E-state index contributed by atoms with van der Waals surface area (Å²) in [6.07, 6.45) is 3.00. The van der Waals surface area contributed by atoms with E-state index >= 15 is 0 Å². The van der Waals surface area contributed by atoms with E-state index < -0.39 is 0 Å². The molecule has 2 saturated heterocycles. The van der Waals surface area contributed by atoms with Crippen LogP contribution in [0.3, 0.4) is 0 Å². The van der Waals surface area contributed by atoms with Gasteiger partial charge in [-0.15, -0.1) is 0 Å². The summed E-state index contributed by atoms with van der Waals surface area (Å²) in [5, 5.41) is 0. The number of anilines is 1. The van der Waals surface area contributed by atoms with Gasteiger partial charge in [0.1, 0.15) is 5.69 Å². The monoisotopic (exact) mass is 303 g/mol. The van der Waals surface area contributed by atoms with E-state index in [9.17, 15) is 9.59 Å². The molecule has 2 fully saturated rings. The van der Waals surface area contributed by atoms with Gasteiger partial charge in [0.05, 0.1) is 0 Å². The maximum atomic E-state index is 12.5. The van der Waals surface area contributed by atoms with Crippen LogP contribution in [0.25, 0.3) is 0 Å². The lowest BCUT2D eigenvalue weighted by atomic mass is 10.3. The van der Waals surface area contributed by atoms with Crippen molar-refractivity contribution in [2.45, 2.75) is 19.8 Å². The number of aromatic nitrogens is 2. The summed E-state index contributed by atoms with van der Waals surface area (Å²) in [5.74, 6) is 0.587. The van der Waals surface area contributed by atoms with E-state index in [-0.39, 0.29) is 5.91 Å². The van der Waals surface area contributed by atoms with E-state index in [1.165, 1.54) is 0 Å². The molecule has 0 saturated carbocycles. The van der Waals surface area contributed by atoms with Gasteiger partial charge < -0.3 is 14.7 Å². The predicted molar refractivity (Wildman–Crippen MR) is 81.8 cm³/mol. The number of carbonyl (C=O) groups is 2. The van der Waals surface area contributed by atoms with Gasteiger partial charge in [-0.1, -0.05) is 0 Å². The standard InChI is InChI=1S/C15H21N5O2/c1-12-10-13(14(22)19-4-2-3-5-19)17-15(16-12)20-8-6-18(11-21)7-9-20/h10-11H,2-9H2,1H3. The van der Waals surface area contributed by atoms with Gasteiger partial charge in [0.2, 0.25) is 12.4 Å². The molecule has 0 N–H and O–H groups in total. The van der Waals surface area contributed by atoms with E-state index in [0.717, 1.165) is 38.0 Å². The Morgan fingerprint density at radius 3 is 2.41 bits per heavy atom. The van der Waals surface area contributed by atoms with Crippen LogP contribution in [0.1, 0.15) is 29.0 Å². The second-order valence-corrected chi connectivity index (χ2v) is 5.82. The van der Waals surface area contributed by atoms with E-state index in [1.54, 1.807) is 11.0 Å². The number of aryl methyl sites for hydroxylation is 1. The van der Waals surface area contributed by atoms with Gasteiger partial charge in [-0.3, -0.25) is 9.59 Å². The fraction of sp³-hybridized carbons (Fsp3) is 0.600. The molecule has 2 aliphatic heterocycles. The van der Waals surface area contributed by atoms with Crippen LogP contribution in [0.15, 0.2) is 6.07 Å². The van der Waals surface area contributed by atoms with Crippen molar-refractivity contribution in [2.24, 2.45) is 0 Å². The first-order chi connectivity index (χ1) is 10.7. The molecule has 0 spiro atoms. The van der Waals surface area contributed by atoms with Crippen LogP contribution in [0.2, 0.25) is 0 Å². The van der Waals surface area contributed by atoms with Crippen LogP contribution in [0.4, 0.5) is 5.95 Å². The molecule has 22 heavy (non-hydrogen) atoms. The predicted octanol–water partition coefficient (Wildman–Crippen LogP) is 0.299. The van der Waals surface area contributed by atoms with Crippen molar-refractivity contribution in [3.63, 3.8) is 0 Å². The van der Waals surface area contributed by atoms with Crippen molar-refractivity contribution in [1.82, 2.24) is 19.8 Å². The summed E-state index contributed by atoms with van der Waals surface area (Å²) in [6.45, 7) is 6.23. The third kappa shape index (κ3) is 3.03. The lowest BCUT2D eigenvalue weighted by Gasteiger charge is -2.32. The van der Waals surface area contributed by atoms with Crippen molar-refractivity contribution in [3.8, 4) is 0 Å². The third-order valence-corrected chi connectivity index (χ3v) is 4.20. The molecule has 7 nitrogen and oxygen atoms in total. The van der Waals surface area contributed by atoms with Gasteiger partial charge >= 0.3 is 0 Å². The fourth-order valence-corrected chi connectivity index (χ4v) is 2.91. The zero-order valence-corrected chi connectivity index (χ0v) is 12.9. The molecule has 1 aromatic rings. The fourth-order valence-electron chi connectivity index (χ4n) is 2.91. The van der Waals surface area contributed by atoms with E-state index in [2.05, 4.69) is 9.97 Å². The lowest BCUT2D eigenvalue weighted by molar-refractivity contribution is -0.118. The molecule has 2 aliphatic rings. The van der Waals surface area contributed by atoms with Crippen LogP contribution in [0, 0.1) is 6.92 Å². The Hall–Kier alpha value is -2.18. The Labute approximate surface area is 129 Å². The number of nitrogens with zero attached hydrogens (tertiary/aromatic N) is 5. The van der Waals surface area contributed by atoms with Gasteiger partial charge in [0, 0.05) is 45.0 Å². The average molecular weight is 303 g/mol. The molecule has 1 aromatic heterocycles. The second kappa shape index (κ2) is 6.29. The molecular weight excluding hydrogens is 282 g/mol. The molecule has 7 heteroatoms. The van der Waals surface area contributed by atoms with E-state index in [0.29, 0.717) is 37.8 Å². The Morgan fingerprint density at radius 1 is 1.09 bits per heavy atom. The maximum Gasteiger partial charge on any atom is 0.272 e. The average Bonchev–Trinajstić information content (AvgIpc) is 3.08. The van der Waals surface area contributed by atoms with Crippen LogP contribution in [0.5, 0.6) is 0 Å². The van der Waals surface area contributed by atoms with Gasteiger partial charge in [0.25, 0.3) is 5.91 Å². The van der Waals surface area contributed by atoms with Crippen molar-refractivity contribution in [2.75, 3.05) is 44.2 Å². The molecule has 0 bridgehead atoms. The minimum absolute atomic E-state index is 0.00391. The summed E-state index contributed by atoms with van der Waals surface area (Å²) >= 11 is 0. The molecule has 0 aromatic carbocycles. The van der Waals surface area contributed by atoms with Gasteiger partial charge in [0.15, 0.2) is 0 Å². The number of piperazine rings is 1. The zero-order chi connectivity index (χ0) is 15.5. The number of carbonyl (C=O) groups excluding carboxylic acids is 2. The highest BCUT2D eigenvalue weighted by atomic mass is 16.2. The normalized spacial score (nSPS) is 18.7. The molecule has 3 rings (SSSR count).